The van der Waals surface area contributed by atoms with Crippen LogP contribution in [0.4, 0.5) is 0 Å². The first-order valence-electron chi connectivity index (χ1n) is 7.77. The Hall–Kier alpha value is -1.85. The summed E-state index contributed by atoms with van der Waals surface area (Å²) in [6, 6.07) is 7.79. The minimum Gasteiger partial charge on any atom is -0.486 e. The van der Waals surface area contributed by atoms with Crippen LogP contribution in [0.25, 0.3) is 0 Å². The molecular weight excluding hydrogens is 280 g/mol. The fraction of sp³-hybridized carbons (Fsp3) is 0.471. The zero-order chi connectivity index (χ0) is 14.8. The molecule has 22 heavy (non-hydrogen) atoms. The summed E-state index contributed by atoms with van der Waals surface area (Å²) in [6.45, 7) is 3.50. The molecule has 1 spiro atoms. The minimum atomic E-state index is -0.0561. The number of furan rings is 1. The molecule has 4 heterocycles. The molecule has 0 saturated carbocycles. The number of hydrogen-bond donors (Lipinski definition) is 0. The van der Waals surface area contributed by atoms with Crippen molar-refractivity contribution < 1.29 is 13.9 Å². The Morgan fingerprint density at radius 3 is 3.18 bits per heavy atom. The molecule has 2 fully saturated rings. The highest BCUT2D eigenvalue weighted by atomic mass is 16.6. The molecule has 0 radical (unpaired) electrons. The van der Waals surface area contributed by atoms with E-state index in [-0.39, 0.29) is 11.7 Å². The minimum absolute atomic E-state index is 0.0561. The van der Waals surface area contributed by atoms with Gasteiger partial charge in [-0.15, -0.1) is 0 Å². The summed E-state index contributed by atoms with van der Waals surface area (Å²) in [6.07, 6.45) is 7.35. The first-order valence-corrected chi connectivity index (χ1v) is 7.77. The molecule has 2 aliphatic heterocycles. The van der Waals surface area contributed by atoms with Crippen LogP contribution in [0.5, 0.6) is 5.75 Å². The molecule has 0 aromatic carbocycles. The van der Waals surface area contributed by atoms with Crippen LogP contribution in [-0.4, -0.2) is 41.3 Å². The molecule has 4 rings (SSSR count). The van der Waals surface area contributed by atoms with Gasteiger partial charge in [-0.3, -0.25) is 9.88 Å². The molecule has 2 aliphatic rings. The Balaban J connectivity index is 1.34. The lowest BCUT2D eigenvalue weighted by molar-refractivity contribution is 0.00894. The second-order valence-electron chi connectivity index (χ2n) is 6.17. The van der Waals surface area contributed by atoms with E-state index >= 15 is 0 Å². The normalized spacial score (nSPS) is 28.5. The van der Waals surface area contributed by atoms with E-state index in [1.807, 2.05) is 24.3 Å². The van der Waals surface area contributed by atoms with Crippen molar-refractivity contribution in [2.45, 2.75) is 31.1 Å². The first kappa shape index (κ1) is 13.8. The lowest BCUT2D eigenvalue weighted by Gasteiger charge is -2.23. The highest BCUT2D eigenvalue weighted by molar-refractivity contribution is 5.16. The third-order valence-corrected chi connectivity index (χ3v) is 4.47. The van der Waals surface area contributed by atoms with E-state index in [2.05, 4.69) is 9.88 Å². The number of likely N-dealkylation sites (tertiary alicyclic amines) is 1. The summed E-state index contributed by atoms with van der Waals surface area (Å²) in [5.41, 5.74) is -0.0561. The van der Waals surface area contributed by atoms with E-state index in [1.165, 1.54) is 0 Å². The summed E-state index contributed by atoms with van der Waals surface area (Å²) in [4.78, 5) is 6.48. The van der Waals surface area contributed by atoms with Gasteiger partial charge < -0.3 is 13.9 Å². The van der Waals surface area contributed by atoms with Crippen molar-refractivity contribution in [3.8, 4) is 5.75 Å². The predicted octanol–water partition coefficient (Wildman–Crippen LogP) is 2.49. The summed E-state index contributed by atoms with van der Waals surface area (Å²) < 4.78 is 17.5. The maximum Gasteiger partial charge on any atom is 0.138 e. The maximum atomic E-state index is 6.12. The van der Waals surface area contributed by atoms with Gasteiger partial charge in [-0.25, -0.2) is 0 Å². The highest BCUT2D eigenvalue weighted by Gasteiger charge is 2.46. The van der Waals surface area contributed by atoms with E-state index in [0.717, 1.165) is 44.0 Å². The Labute approximate surface area is 129 Å². The molecule has 0 unspecified atom stereocenters. The zero-order valence-electron chi connectivity index (χ0n) is 12.5. The summed E-state index contributed by atoms with van der Waals surface area (Å²) >= 11 is 0. The average molecular weight is 300 g/mol. The van der Waals surface area contributed by atoms with Crippen LogP contribution in [-0.2, 0) is 11.3 Å². The Morgan fingerprint density at radius 2 is 2.36 bits per heavy atom. The van der Waals surface area contributed by atoms with Crippen LogP contribution in [0.1, 0.15) is 18.6 Å². The second-order valence-corrected chi connectivity index (χ2v) is 6.17. The van der Waals surface area contributed by atoms with Crippen molar-refractivity contribution in [2.24, 2.45) is 0 Å². The van der Waals surface area contributed by atoms with Crippen LogP contribution in [0.2, 0.25) is 0 Å². The number of hydrogen-bond acceptors (Lipinski definition) is 5. The predicted molar refractivity (Wildman–Crippen MR) is 80.6 cm³/mol. The molecular formula is C17H20N2O3. The van der Waals surface area contributed by atoms with Crippen molar-refractivity contribution in [1.29, 1.82) is 0 Å². The fourth-order valence-corrected chi connectivity index (χ4v) is 3.46. The van der Waals surface area contributed by atoms with Gasteiger partial charge in [0.1, 0.15) is 17.6 Å². The van der Waals surface area contributed by atoms with Crippen molar-refractivity contribution in [3.63, 3.8) is 0 Å². The standard InChI is InChI=1S/C17H20N2O3/c1-3-14(10-18-6-1)22-16-9-17(21-12-16)5-7-19(13-17)11-15-4-2-8-20-15/h1-4,6,8,10,16H,5,7,9,11-13H2/t16-,17+/m0/s1. The van der Waals surface area contributed by atoms with E-state index in [4.69, 9.17) is 13.9 Å². The molecule has 2 aromatic rings. The highest BCUT2D eigenvalue weighted by Crippen LogP contribution is 2.37. The van der Waals surface area contributed by atoms with Gasteiger partial charge in [-0.2, -0.15) is 0 Å². The number of ether oxygens (including phenoxy) is 2. The monoisotopic (exact) mass is 300 g/mol. The Bertz CT molecular complexity index is 602. The molecule has 0 bridgehead atoms. The molecule has 0 aliphatic carbocycles. The van der Waals surface area contributed by atoms with Gasteiger partial charge in [-0.05, 0) is 30.7 Å². The van der Waals surface area contributed by atoms with Crippen LogP contribution in [0.15, 0.2) is 47.3 Å². The van der Waals surface area contributed by atoms with Crippen molar-refractivity contribution in [3.05, 3.63) is 48.7 Å². The van der Waals surface area contributed by atoms with Crippen LogP contribution in [0, 0.1) is 0 Å². The molecule has 0 N–H and O–H groups in total. The van der Waals surface area contributed by atoms with Gasteiger partial charge in [0.25, 0.3) is 0 Å². The van der Waals surface area contributed by atoms with Gasteiger partial charge in [0, 0.05) is 25.7 Å². The smallest absolute Gasteiger partial charge is 0.138 e. The third-order valence-electron chi connectivity index (χ3n) is 4.47. The van der Waals surface area contributed by atoms with Crippen molar-refractivity contribution >= 4 is 0 Å². The topological polar surface area (TPSA) is 47.7 Å². The molecule has 5 nitrogen and oxygen atoms in total. The van der Waals surface area contributed by atoms with E-state index < -0.39 is 0 Å². The van der Waals surface area contributed by atoms with Gasteiger partial charge in [0.05, 0.1) is 31.2 Å². The molecule has 2 aromatic heterocycles. The molecule has 0 amide bonds. The molecule has 2 saturated heterocycles. The summed E-state index contributed by atoms with van der Waals surface area (Å²) in [7, 11) is 0. The van der Waals surface area contributed by atoms with Crippen LogP contribution >= 0.6 is 0 Å². The number of nitrogens with zero attached hydrogens (tertiary/aromatic N) is 2. The van der Waals surface area contributed by atoms with Crippen molar-refractivity contribution in [2.75, 3.05) is 19.7 Å². The van der Waals surface area contributed by atoms with Gasteiger partial charge in [0.15, 0.2) is 0 Å². The molecule has 2 atom stereocenters. The quantitative estimate of drug-likeness (QED) is 0.868. The van der Waals surface area contributed by atoms with Crippen LogP contribution in [0.3, 0.4) is 0 Å². The average Bonchev–Trinajstić information content (AvgIpc) is 3.25. The third kappa shape index (κ3) is 2.87. The van der Waals surface area contributed by atoms with E-state index in [9.17, 15) is 0 Å². The Morgan fingerprint density at radius 1 is 1.36 bits per heavy atom. The largest absolute Gasteiger partial charge is 0.486 e. The lowest BCUT2D eigenvalue weighted by atomic mass is 9.98. The summed E-state index contributed by atoms with van der Waals surface area (Å²) in [5, 5.41) is 0. The number of pyridine rings is 1. The first-order chi connectivity index (χ1) is 10.8. The molecule has 116 valence electrons. The SMILES string of the molecule is c1cncc(O[C@@H]2CO[C@]3(CCN(Cc4ccco4)C3)C2)c1. The van der Waals surface area contributed by atoms with Crippen molar-refractivity contribution in [1.82, 2.24) is 9.88 Å². The van der Waals surface area contributed by atoms with E-state index in [1.54, 1.807) is 18.7 Å². The van der Waals surface area contributed by atoms with Crippen LogP contribution < -0.4 is 4.74 Å². The number of rotatable bonds is 4. The molecule has 5 heteroatoms. The number of aromatic nitrogens is 1. The fourth-order valence-electron chi connectivity index (χ4n) is 3.46. The second kappa shape index (κ2) is 5.74. The van der Waals surface area contributed by atoms with Gasteiger partial charge >= 0.3 is 0 Å². The van der Waals surface area contributed by atoms with Gasteiger partial charge in [-0.1, -0.05) is 0 Å². The zero-order valence-corrected chi connectivity index (χ0v) is 12.5. The van der Waals surface area contributed by atoms with Gasteiger partial charge in [0.2, 0.25) is 0 Å². The summed E-state index contributed by atoms with van der Waals surface area (Å²) in [5.74, 6) is 1.83. The Kier molecular flexibility index (Phi) is 3.60. The lowest BCUT2D eigenvalue weighted by Crippen LogP contribution is -2.33. The van der Waals surface area contributed by atoms with E-state index in [0.29, 0.717) is 6.61 Å². The maximum absolute atomic E-state index is 6.12.